The highest BCUT2D eigenvalue weighted by molar-refractivity contribution is 7.22. The number of nitrogens with zero attached hydrogens (tertiary/aromatic N) is 1. The summed E-state index contributed by atoms with van der Waals surface area (Å²) in [6.45, 7) is 3.87. The molecule has 0 aliphatic heterocycles. The van der Waals surface area contributed by atoms with Crippen molar-refractivity contribution in [1.29, 1.82) is 0 Å². The number of primary amides is 1. The summed E-state index contributed by atoms with van der Waals surface area (Å²) in [5.74, 6) is -0.277. The van der Waals surface area contributed by atoms with Crippen LogP contribution in [0.1, 0.15) is 13.8 Å². The highest BCUT2D eigenvalue weighted by atomic mass is 35.5. The molecule has 0 fully saturated rings. The second kappa shape index (κ2) is 5.12. The van der Waals surface area contributed by atoms with Crippen LogP contribution in [0.25, 0.3) is 10.2 Å². The van der Waals surface area contributed by atoms with Gasteiger partial charge >= 0.3 is 0 Å². The van der Waals surface area contributed by atoms with Gasteiger partial charge in [0, 0.05) is 0 Å². The smallest absolute Gasteiger partial charge is 0.240 e. The monoisotopic (exact) mass is 283 g/mol. The fourth-order valence-corrected chi connectivity index (χ4v) is 2.87. The van der Waals surface area contributed by atoms with Crippen LogP contribution < -0.4 is 11.1 Å². The summed E-state index contributed by atoms with van der Waals surface area (Å²) in [6.07, 6.45) is 0. The van der Waals surface area contributed by atoms with Crippen LogP contribution in [0.2, 0.25) is 5.02 Å². The third-order valence-electron chi connectivity index (χ3n) is 2.62. The Hall–Kier alpha value is -1.33. The second-order valence-corrected chi connectivity index (χ2v) is 5.78. The lowest BCUT2D eigenvalue weighted by atomic mass is 10.0. The number of carbonyl (C=O) groups excluding carboxylic acids is 1. The zero-order valence-corrected chi connectivity index (χ0v) is 11.7. The Balaban J connectivity index is 2.32. The molecule has 1 unspecified atom stereocenters. The lowest BCUT2D eigenvalue weighted by molar-refractivity contribution is -0.119. The predicted molar refractivity (Wildman–Crippen MR) is 76.1 cm³/mol. The van der Waals surface area contributed by atoms with Gasteiger partial charge in [0.15, 0.2) is 5.13 Å². The summed E-state index contributed by atoms with van der Waals surface area (Å²) in [5.41, 5.74) is 6.18. The zero-order valence-electron chi connectivity index (χ0n) is 10.1. The molecule has 0 radical (unpaired) electrons. The molecule has 3 N–H and O–H groups in total. The maximum Gasteiger partial charge on any atom is 0.240 e. The Bertz CT molecular complexity index is 582. The molecule has 0 aliphatic carbocycles. The van der Waals surface area contributed by atoms with Gasteiger partial charge < -0.3 is 11.1 Å². The molecule has 1 atom stereocenters. The third-order valence-corrected chi connectivity index (χ3v) is 4.08. The quantitative estimate of drug-likeness (QED) is 0.906. The van der Waals surface area contributed by atoms with E-state index in [2.05, 4.69) is 10.3 Å². The molecule has 18 heavy (non-hydrogen) atoms. The number of halogens is 1. The summed E-state index contributed by atoms with van der Waals surface area (Å²) < 4.78 is 0.911. The highest BCUT2D eigenvalue weighted by Crippen LogP contribution is 2.32. The van der Waals surface area contributed by atoms with Gasteiger partial charge in [-0.3, -0.25) is 4.79 Å². The minimum atomic E-state index is -0.427. The number of hydrogen-bond acceptors (Lipinski definition) is 4. The number of benzene rings is 1. The number of amides is 1. The van der Waals surface area contributed by atoms with Gasteiger partial charge in [0.25, 0.3) is 0 Å². The van der Waals surface area contributed by atoms with Crippen molar-refractivity contribution in [3.05, 3.63) is 23.2 Å². The van der Waals surface area contributed by atoms with Gasteiger partial charge in [-0.05, 0) is 18.1 Å². The van der Waals surface area contributed by atoms with Crippen LogP contribution in [0, 0.1) is 5.92 Å². The number of hydrogen-bond donors (Lipinski definition) is 2. The second-order valence-electron chi connectivity index (χ2n) is 4.38. The number of anilines is 1. The summed E-state index contributed by atoms with van der Waals surface area (Å²) in [7, 11) is 0. The Morgan fingerprint density at radius 1 is 1.50 bits per heavy atom. The van der Waals surface area contributed by atoms with Gasteiger partial charge in [0.2, 0.25) is 5.91 Å². The topological polar surface area (TPSA) is 68.0 Å². The first-order chi connectivity index (χ1) is 8.49. The molecule has 1 aromatic carbocycles. The van der Waals surface area contributed by atoms with Gasteiger partial charge in [-0.15, -0.1) is 0 Å². The Labute approximate surface area is 114 Å². The molecule has 0 bridgehead atoms. The molecule has 1 heterocycles. The fourth-order valence-electron chi connectivity index (χ4n) is 1.68. The first-order valence-corrected chi connectivity index (χ1v) is 6.79. The molecule has 1 amide bonds. The van der Waals surface area contributed by atoms with E-state index >= 15 is 0 Å². The van der Waals surface area contributed by atoms with Crippen molar-refractivity contribution >= 4 is 44.2 Å². The summed E-state index contributed by atoms with van der Waals surface area (Å²) in [6, 6.07) is 5.13. The number of thiazole rings is 1. The summed E-state index contributed by atoms with van der Waals surface area (Å²) in [4.78, 5) is 15.7. The number of nitrogens with two attached hydrogens (primary N) is 1. The molecule has 2 aromatic rings. The van der Waals surface area contributed by atoms with Gasteiger partial charge in [-0.2, -0.15) is 0 Å². The molecule has 6 heteroatoms. The average molecular weight is 284 g/mol. The van der Waals surface area contributed by atoms with Gasteiger partial charge in [0.1, 0.15) is 6.04 Å². The van der Waals surface area contributed by atoms with E-state index in [0.717, 1.165) is 10.2 Å². The standard InChI is InChI=1S/C12H14ClN3OS/c1-6(2)9(11(14)17)16-12-15-8-5-3-4-7(13)10(8)18-12/h3-6,9H,1-2H3,(H2,14,17)(H,15,16). The normalized spacial score (nSPS) is 12.9. The summed E-state index contributed by atoms with van der Waals surface area (Å²) >= 11 is 7.51. The van der Waals surface area contributed by atoms with Crippen LogP contribution in [0.15, 0.2) is 18.2 Å². The van der Waals surface area contributed by atoms with Crippen LogP contribution in [-0.4, -0.2) is 16.9 Å². The van der Waals surface area contributed by atoms with Crippen molar-refractivity contribution in [3.63, 3.8) is 0 Å². The number of nitrogens with one attached hydrogen (secondary N) is 1. The van der Waals surface area contributed by atoms with Crippen molar-refractivity contribution < 1.29 is 4.79 Å². The molecule has 4 nitrogen and oxygen atoms in total. The van der Waals surface area contributed by atoms with Crippen molar-refractivity contribution in [2.45, 2.75) is 19.9 Å². The summed E-state index contributed by atoms with van der Waals surface area (Å²) in [5, 5.41) is 4.40. The molecule has 96 valence electrons. The van der Waals surface area contributed by atoms with E-state index in [0.29, 0.717) is 10.2 Å². The maximum atomic E-state index is 11.3. The van der Waals surface area contributed by atoms with Crippen LogP contribution in [0.4, 0.5) is 5.13 Å². The number of carbonyl (C=O) groups is 1. The van der Waals surface area contributed by atoms with E-state index in [9.17, 15) is 4.79 Å². The fraction of sp³-hybridized carbons (Fsp3) is 0.333. The molecule has 1 aromatic heterocycles. The van der Waals surface area contributed by atoms with E-state index in [-0.39, 0.29) is 11.8 Å². The van der Waals surface area contributed by atoms with Crippen LogP contribution in [0.3, 0.4) is 0 Å². The number of rotatable bonds is 4. The molecular formula is C12H14ClN3OS. The lowest BCUT2D eigenvalue weighted by Crippen LogP contribution is -2.39. The Morgan fingerprint density at radius 3 is 2.78 bits per heavy atom. The van der Waals surface area contributed by atoms with E-state index in [1.54, 1.807) is 0 Å². The van der Waals surface area contributed by atoms with Crippen LogP contribution in [-0.2, 0) is 4.79 Å². The lowest BCUT2D eigenvalue weighted by Gasteiger charge is -2.17. The maximum absolute atomic E-state index is 11.3. The van der Waals surface area contributed by atoms with Crippen molar-refractivity contribution in [2.24, 2.45) is 11.7 Å². The Kier molecular flexibility index (Phi) is 3.73. The third kappa shape index (κ3) is 2.57. The van der Waals surface area contributed by atoms with Gasteiger partial charge in [-0.1, -0.05) is 42.9 Å². The van der Waals surface area contributed by atoms with E-state index in [1.165, 1.54) is 11.3 Å². The van der Waals surface area contributed by atoms with Gasteiger partial charge in [-0.25, -0.2) is 4.98 Å². The molecule has 0 saturated carbocycles. The molecule has 0 aliphatic rings. The van der Waals surface area contributed by atoms with Crippen LogP contribution >= 0.6 is 22.9 Å². The van der Waals surface area contributed by atoms with E-state index in [4.69, 9.17) is 17.3 Å². The SMILES string of the molecule is CC(C)C(Nc1nc2cccc(Cl)c2s1)C(N)=O. The highest BCUT2D eigenvalue weighted by Gasteiger charge is 2.20. The van der Waals surface area contributed by atoms with Gasteiger partial charge in [0.05, 0.1) is 15.2 Å². The average Bonchev–Trinajstić information content (AvgIpc) is 2.69. The number of fused-ring (bicyclic) bond motifs is 1. The minimum Gasteiger partial charge on any atom is -0.368 e. The van der Waals surface area contributed by atoms with Crippen molar-refractivity contribution in [1.82, 2.24) is 4.98 Å². The largest absolute Gasteiger partial charge is 0.368 e. The first-order valence-electron chi connectivity index (χ1n) is 5.60. The molecule has 0 saturated heterocycles. The molecule has 0 spiro atoms. The molecular weight excluding hydrogens is 270 g/mol. The van der Waals surface area contributed by atoms with Crippen molar-refractivity contribution in [2.75, 3.05) is 5.32 Å². The van der Waals surface area contributed by atoms with E-state index in [1.807, 2.05) is 32.0 Å². The predicted octanol–water partition coefficient (Wildman–Crippen LogP) is 2.87. The van der Waals surface area contributed by atoms with E-state index < -0.39 is 6.04 Å². The number of aromatic nitrogens is 1. The first kappa shape index (κ1) is 13.1. The molecule has 2 rings (SSSR count). The minimum absolute atomic E-state index is 0.102. The zero-order chi connectivity index (χ0) is 13.3. The van der Waals surface area contributed by atoms with Crippen LogP contribution in [0.5, 0.6) is 0 Å². The Morgan fingerprint density at radius 2 is 2.22 bits per heavy atom. The van der Waals surface area contributed by atoms with Crippen molar-refractivity contribution in [3.8, 4) is 0 Å².